The lowest BCUT2D eigenvalue weighted by atomic mass is 10.2. The van der Waals surface area contributed by atoms with Crippen LogP contribution in [0, 0.1) is 6.92 Å². The van der Waals surface area contributed by atoms with E-state index in [1.165, 1.54) is 11.3 Å². The highest BCUT2D eigenvalue weighted by Gasteiger charge is 2.10. The van der Waals surface area contributed by atoms with E-state index < -0.39 is 5.97 Å². The Bertz CT molecular complexity index is 524. The van der Waals surface area contributed by atoms with Gasteiger partial charge in [0.15, 0.2) is 0 Å². The van der Waals surface area contributed by atoms with Crippen molar-refractivity contribution in [3.8, 4) is 0 Å². The van der Waals surface area contributed by atoms with Crippen LogP contribution in [0.1, 0.15) is 15.4 Å². The Hall–Kier alpha value is -1.95. The molecule has 0 aliphatic heterocycles. The smallest absolute Gasteiger partial charge is 0.337 e. The monoisotopic (exact) mass is 235 g/mol. The Labute approximate surface area is 95.8 Å². The molecule has 0 saturated carbocycles. The number of nitrogens with one attached hydrogen (secondary N) is 1. The van der Waals surface area contributed by atoms with E-state index in [0.717, 1.165) is 5.01 Å². The van der Waals surface area contributed by atoms with Crippen LogP contribution in [-0.2, 0) is 0 Å². The molecule has 0 amide bonds. The summed E-state index contributed by atoms with van der Waals surface area (Å²) in [4.78, 5) is 10.9. The van der Waals surface area contributed by atoms with E-state index >= 15 is 0 Å². The van der Waals surface area contributed by atoms with Crippen molar-refractivity contribution in [2.24, 2.45) is 0 Å². The van der Waals surface area contributed by atoms with Gasteiger partial charge < -0.3 is 10.4 Å². The zero-order valence-corrected chi connectivity index (χ0v) is 9.28. The van der Waals surface area contributed by atoms with Crippen molar-refractivity contribution in [1.82, 2.24) is 10.2 Å². The van der Waals surface area contributed by atoms with Gasteiger partial charge in [-0.1, -0.05) is 23.5 Å². The van der Waals surface area contributed by atoms with Crippen LogP contribution in [0.3, 0.4) is 0 Å². The molecule has 1 aromatic carbocycles. The molecule has 16 heavy (non-hydrogen) atoms. The Balaban J connectivity index is 2.31. The molecular weight excluding hydrogens is 226 g/mol. The Morgan fingerprint density at radius 2 is 2.12 bits per heavy atom. The lowest BCUT2D eigenvalue weighted by Gasteiger charge is -2.05. The first kappa shape index (κ1) is 10.6. The molecule has 0 aliphatic rings. The van der Waals surface area contributed by atoms with Crippen LogP contribution in [0.2, 0.25) is 0 Å². The SMILES string of the molecule is Cc1nnc(Nc2ccccc2C(=O)O)s1. The summed E-state index contributed by atoms with van der Waals surface area (Å²) in [7, 11) is 0. The Morgan fingerprint density at radius 3 is 2.75 bits per heavy atom. The minimum Gasteiger partial charge on any atom is -0.478 e. The van der Waals surface area contributed by atoms with Gasteiger partial charge in [-0.25, -0.2) is 4.79 Å². The van der Waals surface area contributed by atoms with Gasteiger partial charge in [-0.2, -0.15) is 0 Å². The summed E-state index contributed by atoms with van der Waals surface area (Å²) in [6, 6.07) is 6.68. The van der Waals surface area contributed by atoms with Gasteiger partial charge in [0.1, 0.15) is 5.01 Å². The fourth-order valence-corrected chi connectivity index (χ4v) is 1.84. The summed E-state index contributed by atoms with van der Waals surface area (Å²) in [6.07, 6.45) is 0. The molecule has 0 radical (unpaired) electrons. The number of hydrogen-bond acceptors (Lipinski definition) is 5. The summed E-state index contributed by atoms with van der Waals surface area (Å²) in [5.74, 6) is -0.968. The van der Waals surface area contributed by atoms with Crippen molar-refractivity contribution in [2.75, 3.05) is 5.32 Å². The second kappa shape index (κ2) is 4.28. The maximum absolute atomic E-state index is 10.9. The normalized spacial score (nSPS) is 10.1. The average molecular weight is 235 g/mol. The number of rotatable bonds is 3. The standard InChI is InChI=1S/C10H9N3O2S/c1-6-12-13-10(16-6)11-8-5-3-2-4-7(8)9(14)15/h2-5H,1H3,(H,11,13)(H,14,15). The van der Waals surface area contributed by atoms with Gasteiger partial charge >= 0.3 is 5.97 Å². The van der Waals surface area contributed by atoms with Crippen molar-refractivity contribution in [1.29, 1.82) is 0 Å². The maximum atomic E-state index is 10.9. The molecule has 6 heteroatoms. The molecule has 0 spiro atoms. The van der Waals surface area contributed by atoms with Crippen LogP contribution in [-0.4, -0.2) is 21.3 Å². The first-order valence-electron chi connectivity index (χ1n) is 4.56. The molecule has 0 atom stereocenters. The number of aromatic nitrogens is 2. The molecule has 82 valence electrons. The fourth-order valence-electron chi connectivity index (χ4n) is 1.24. The summed E-state index contributed by atoms with van der Waals surface area (Å²) < 4.78 is 0. The molecule has 1 heterocycles. The number of aromatic carboxylic acids is 1. The van der Waals surface area contributed by atoms with Gasteiger partial charge in [0.25, 0.3) is 0 Å². The van der Waals surface area contributed by atoms with E-state index in [4.69, 9.17) is 5.11 Å². The van der Waals surface area contributed by atoms with E-state index in [2.05, 4.69) is 15.5 Å². The largest absolute Gasteiger partial charge is 0.478 e. The predicted octanol–water partition coefficient (Wildman–Crippen LogP) is 2.29. The third-order valence-electron chi connectivity index (χ3n) is 1.93. The van der Waals surface area contributed by atoms with Crippen molar-refractivity contribution in [2.45, 2.75) is 6.92 Å². The van der Waals surface area contributed by atoms with Crippen molar-refractivity contribution in [3.05, 3.63) is 34.8 Å². The number of nitrogens with zero attached hydrogens (tertiary/aromatic N) is 2. The van der Waals surface area contributed by atoms with Crippen molar-refractivity contribution >= 4 is 28.1 Å². The molecule has 0 fully saturated rings. The first-order chi connectivity index (χ1) is 7.66. The van der Waals surface area contributed by atoms with Crippen molar-refractivity contribution in [3.63, 3.8) is 0 Å². The minimum atomic E-state index is -0.968. The summed E-state index contributed by atoms with van der Waals surface area (Å²) in [6.45, 7) is 1.84. The molecule has 0 aliphatic carbocycles. The molecule has 2 N–H and O–H groups in total. The highest BCUT2D eigenvalue weighted by Crippen LogP contribution is 2.23. The van der Waals surface area contributed by atoms with Gasteiger partial charge in [0.05, 0.1) is 11.3 Å². The molecule has 5 nitrogen and oxygen atoms in total. The maximum Gasteiger partial charge on any atom is 0.337 e. The quantitative estimate of drug-likeness (QED) is 0.853. The van der Waals surface area contributed by atoms with Crippen molar-refractivity contribution < 1.29 is 9.90 Å². The van der Waals surface area contributed by atoms with Crippen LogP contribution >= 0.6 is 11.3 Å². The number of carboxylic acids is 1. The van der Waals surface area contributed by atoms with Gasteiger partial charge in [-0.15, -0.1) is 10.2 Å². The highest BCUT2D eigenvalue weighted by molar-refractivity contribution is 7.15. The zero-order valence-electron chi connectivity index (χ0n) is 8.47. The van der Waals surface area contributed by atoms with Crippen LogP contribution in [0.25, 0.3) is 0 Å². The third kappa shape index (κ3) is 2.17. The summed E-state index contributed by atoms with van der Waals surface area (Å²) in [5.41, 5.74) is 0.738. The van der Waals surface area contributed by atoms with Crippen LogP contribution in [0.4, 0.5) is 10.8 Å². The molecule has 1 aromatic heterocycles. The third-order valence-corrected chi connectivity index (χ3v) is 2.68. The number of para-hydroxylation sites is 1. The highest BCUT2D eigenvalue weighted by atomic mass is 32.1. The number of hydrogen-bond donors (Lipinski definition) is 2. The lowest BCUT2D eigenvalue weighted by molar-refractivity contribution is 0.0698. The van der Waals surface area contributed by atoms with Gasteiger partial charge in [0, 0.05) is 0 Å². The van der Waals surface area contributed by atoms with Crippen LogP contribution in [0.5, 0.6) is 0 Å². The number of benzene rings is 1. The van der Waals surface area contributed by atoms with E-state index in [1.807, 2.05) is 6.92 Å². The summed E-state index contributed by atoms with van der Waals surface area (Å²) >= 11 is 1.38. The molecule has 0 unspecified atom stereocenters. The van der Waals surface area contributed by atoms with Crippen LogP contribution in [0.15, 0.2) is 24.3 Å². The molecular formula is C10H9N3O2S. The van der Waals surface area contributed by atoms with Crippen LogP contribution < -0.4 is 5.32 Å². The molecule has 0 saturated heterocycles. The molecule has 0 bridgehead atoms. The second-order valence-electron chi connectivity index (χ2n) is 3.10. The molecule has 2 rings (SSSR count). The Kier molecular flexibility index (Phi) is 2.82. The predicted molar refractivity (Wildman–Crippen MR) is 61.3 cm³/mol. The minimum absolute atomic E-state index is 0.218. The number of aryl methyl sites for hydroxylation is 1. The average Bonchev–Trinajstić information content (AvgIpc) is 2.64. The van der Waals surface area contributed by atoms with E-state index in [9.17, 15) is 4.79 Å². The number of anilines is 2. The number of carboxylic acid groups (broad SMARTS) is 1. The van der Waals surface area contributed by atoms with Gasteiger partial charge in [-0.3, -0.25) is 0 Å². The summed E-state index contributed by atoms with van der Waals surface area (Å²) in [5, 5.41) is 21.1. The van der Waals surface area contributed by atoms with Gasteiger partial charge in [0.2, 0.25) is 5.13 Å². The van der Waals surface area contributed by atoms with E-state index in [1.54, 1.807) is 24.3 Å². The van der Waals surface area contributed by atoms with E-state index in [0.29, 0.717) is 10.8 Å². The second-order valence-corrected chi connectivity index (χ2v) is 4.28. The number of carbonyl (C=O) groups is 1. The fraction of sp³-hybridized carbons (Fsp3) is 0.100. The zero-order chi connectivity index (χ0) is 11.5. The van der Waals surface area contributed by atoms with Gasteiger partial charge in [-0.05, 0) is 19.1 Å². The topological polar surface area (TPSA) is 75.1 Å². The first-order valence-corrected chi connectivity index (χ1v) is 5.38. The van der Waals surface area contributed by atoms with E-state index in [-0.39, 0.29) is 5.56 Å². The lowest BCUT2D eigenvalue weighted by Crippen LogP contribution is -2.02. The Morgan fingerprint density at radius 1 is 1.38 bits per heavy atom. The molecule has 2 aromatic rings.